The summed E-state index contributed by atoms with van der Waals surface area (Å²) in [6, 6.07) is 65.1. The van der Waals surface area contributed by atoms with Gasteiger partial charge >= 0.3 is 0 Å². The van der Waals surface area contributed by atoms with Crippen molar-refractivity contribution in [2.45, 2.75) is 0 Å². The van der Waals surface area contributed by atoms with Crippen LogP contribution in [0.5, 0.6) is 0 Å². The number of benzene rings is 8. The van der Waals surface area contributed by atoms with Crippen LogP contribution in [0.15, 0.2) is 192 Å². The van der Waals surface area contributed by atoms with Crippen LogP contribution < -0.4 is 0 Å². The molecule has 0 unspecified atom stereocenters. The Bertz CT molecular complexity index is 2920. The maximum Gasteiger partial charge on any atom is 0.164 e. The fourth-order valence-electron chi connectivity index (χ4n) is 7.26. The van der Waals surface area contributed by atoms with Gasteiger partial charge in [-0.3, -0.25) is 0 Å². The monoisotopic (exact) mass is 677 g/mol. The van der Waals surface area contributed by atoms with Crippen molar-refractivity contribution >= 4 is 32.7 Å². The number of rotatable bonds is 6. The van der Waals surface area contributed by atoms with Gasteiger partial charge in [-0.2, -0.15) is 0 Å². The van der Waals surface area contributed by atoms with Crippen LogP contribution in [0, 0.1) is 0 Å². The van der Waals surface area contributed by atoms with E-state index in [1.54, 1.807) is 0 Å². The van der Waals surface area contributed by atoms with Crippen molar-refractivity contribution in [3.05, 3.63) is 188 Å². The molecule has 53 heavy (non-hydrogen) atoms. The molecule has 4 heteroatoms. The van der Waals surface area contributed by atoms with E-state index in [0.29, 0.717) is 17.5 Å². The highest BCUT2D eigenvalue weighted by Gasteiger charge is 2.19. The van der Waals surface area contributed by atoms with Gasteiger partial charge in [-0.15, -0.1) is 0 Å². The minimum Gasteiger partial charge on any atom is -0.455 e. The minimum atomic E-state index is 0.614. The third kappa shape index (κ3) is 5.63. The maximum absolute atomic E-state index is 6.71. The first-order valence-corrected chi connectivity index (χ1v) is 17.8. The Kier molecular flexibility index (Phi) is 7.43. The molecule has 0 N–H and O–H groups in total. The van der Waals surface area contributed by atoms with E-state index in [2.05, 4.69) is 146 Å². The SMILES string of the molecule is c1ccc(-c2ccc(-c3nc(-c4ccccc4)nc(-c4cc5c6ccc(-c7cccc(-c8ccccc8)c7)cc6oc5c5ccccc45)n3)cc2)cc1. The molecule has 0 fully saturated rings. The second-order valence-corrected chi connectivity index (χ2v) is 13.2. The number of fused-ring (bicyclic) bond motifs is 5. The van der Waals surface area contributed by atoms with Crippen LogP contribution in [0.2, 0.25) is 0 Å². The van der Waals surface area contributed by atoms with Gasteiger partial charge in [-0.1, -0.05) is 164 Å². The quantitative estimate of drug-likeness (QED) is 0.176. The Labute approximate surface area is 306 Å². The van der Waals surface area contributed by atoms with Gasteiger partial charge in [-0.25, -0.2) is 15.0 Å². The molecule has 0 atom stereocenters. The highest BCUT2D eigenvalue weighted by molar-refractivity contribution is 6.19. The number of aromatic nitrogens is 3. The molecule has 4 nitrogen and oxygen atoms in total. The average molecular weight is 678 g/mol. The molecule has 2 heterocycles. The first kappa shape index (κ1) is 30.6. The molecule has 2 aromatic heterocycles. The van der Waals surface area contributed by atoms with Gasteiger partial charge in [0.05, 0.1) is 0 Å². The molecule has 0 bridgehead atoms. The summed E-state index contributed by atoms with van der Waals surface area (Å²) in [5.74, 6) is 1.86. The van der Waals surface area contributed by atoms with Crippen molar-refractivity contribution in [2.75, 3.05) is 0 Å². The molecular weight excluding hydrogens is 647 g/mol. The Morgan fingerprint density at radius 3 is 1.42 bits per heavy atom. The third-order valence-corrected chi connectivity index (χ3v) is 9.94. The number of furan rings is 1. The zero-order valence-electron chi connectivity index (χ0n) is 28.6. The standard InChI is InChI=1S/C49H31N3O/c1-4-13-32(14-5-1)34-23-25-36(26-24-34)48-50-47(35-17-8-3-9-18-35)51-49(52-48)44-31-43-41-28-27-39(30-45(41)53-46(43)42-22-11-10-21-40(42)44)38-20-12-19-37(29-38)33-15-6-2-7-16-33/h1-31H. The number of hydrogen-bond acceptors (Lipinski definition) is 4. The van der Waals surface area contributed by atoms with Crippen LogP contribution in [0.3, 0.4) is 0 Å². The Balaban J connectivity index is 1.13. The molecule has 0 radical (unpaired) electrons. The van der Waals surface area contributed by atoms with Crippen LogP contribution in [0.25, 0.3) is 100 Å². The molecule has 10 aromatic rings. The van der Waals surface area contributed by atoms with Crippen molar-refractivity contribution in [1.29, 1.82) is 0 Å². The molecule has 0 saturated heterocycles. The normalized spacial score (nSPS) is 11.4. The largest absolute Gasteiger partial charge is 0.455 e. The lowest BCUT2D eigenvalue weighted by atomic mass is 9.97. The van der Waals surface area contributed by atoms with Crippen molar-refractivity contribution in [3.8, 4) is 67.5 Å². The van der Waals surface area contributed by atoms with E-state index < -0.39 is 0 Å². The van der Waals surface area contributed by atoms with Gasteiger partial charge in [0, 0.05) is 32.8 Å². The maximum atomic E-state index is 6.71. The van der Waals surface area contributed by atoms with Gasteiger partial charge < -0.3 is 4.42 Å². The fourth-order valence-corrected chi connectivity index (χ4v) is 7.26. The molecule has 0 spiro atoms. The molecule has 0 amide bonds. The van der Waals surface area contributed by atoms with Crippen LogP contribution >= 0.6 is 0 Å². The Morgan fingerprint density at radius 2 is 0.736 bits per heavy atom. The molecule has 10 rings (SSSR count). The summed E-state index contributed by atoms with van der Waals surface area (Å²) >= 11 is 0. The predicted octanol–water partition coefficient (Wildman–Crippen LogP) is 12.9. The summed E-state index contributed by atoms with van der Waals surface area (Å²) in [5.41, 5.74) is 11.4. The Morgan fingerprint density at radius 1 is 0.283 bits per heavy atom. The number of hydrogen-bond donors (Lipinski definition) is 0. The first-order chi connectivity index (χ1) is 26.2. The van der Waals surface area contributed by atoms with E-state index in [4.69, 9.17) is 19.4 Å². The first-order valence-electron chi connectivity index (χ1n) is 17.8. The lowest BCUT2D eigenvalue weighted by Gasteiger charge is -2.11. The average Bonchev–Trinajstić information content (AvgIpc) is 3.62. The van der Waals surface area contributed by atoms with Gasteiger partial charge in [0.2, 0.25) is 0 Å². The minimum absolute atomic E-state index is 0.614. The van der Waals surface area contributed by atoms with Crippen molar-refractivity contribution in [1.82, 2.24) is 15.0 Å². The van der Waals surface area contributed by atoms with Gasteiger partial charge in [0.1, 0.15) is 11.2 Å². The highest BCUT2D eigenvalue weighted by atomic mass is 16.3. The smallest absolute Gasteiger partial charge is 0.164 e. The van der Waals surface area contributed by atoms with Crippen molar-refractivity contribution in [3.63, 3.8) is 0 Å². The van der Waals surface area contributed by atoms with Crippen LogP contribution in [0.4, 0.5) is 0 Å². The van der Waals surface area contributed by atoms with Gasteiger partial charge in [-0.05, 0) is 63.0 Å². The second-order valence-electron chi connectivity index (χ2n) is 13.2. The molecule has 8 aromatic carbocycles. The number of nitrogens with zero attached hydrogens (tertiary/aromatic N) is 3. The van der Waals surface area contributed by atoms with E-state index >= 15 is 0 Å². The fraction of sp³-hybridized carbons (Fsp3) is 0. The molecule has 0 aliphatic carbocycles. The third-order valence-electron chi connectivity index (χ3n) is 9.94. The van der Waals surface area contributed by atoms with E-state index in [9.17, 15) is 0 Å². The summed E-state index contributed by atoms with van der Waals surface area (Å²) in [5, 5.41) is 4.10. The summed E-state index contributed by atoms with van der Waals surface area (Å²) < 4.78 is 6.71. The highest BCUT2D eigenvalue weighted by Crippen LogP contribution is 2.41. The zero-order valence-corrected chi connectivity index (χ0v) is 28.6. The van der Waals surface area contributed by atoms with Crippen molar-refractivity contribution in [2.24, 2.45) is 0 Å². The van der Waals surface area contributed by atoms with Crippen molar-refractivity contribution < 1.29 is 4.42 Å². The summed E-state index contributed by atoms with van der Waals surface area (Å²) in [6.07, 6.45) is 0. The van der Waals surface area contributed by atoms with Crippen LogP contribution in [0.1, 0.15) is 0 Å². The molecule has 0 aliphatic heterocycles. The predicted molar refractivity (Wildman–Crippen MR) is 217 cm³/mol. The Hall–Kier alpha value is -7.17. The van der Waals surface area contributed by atoms with Gasteiger partial charge in [0.25, 0.3) is 0 Å². The van der Waals surface area contributed by atoms with Gasteiger partial charge in [0.15, 0.2) is 17.5 Å². The van der Waals surface area contributed by atoms with E-state index in [1.165, 1.54) is 16.7 Å². The topological polar surface area (TPSA) is 51.8 Å². The van der Waals surface area contributed by atoms with Crippen LogP contribution in [-0.4, -0.2) is 15.0 Å². The summed E-state index contributed by atoms with van der Waals surface area (Å²) in [7, 11) is 0. The molecule has 248 valence electrons. The summed E-state index contributed by atoms with van der Waals surface area (Å²) in [6.45, 7) is 0. The van der Waals surface area contributed by atoms with Crippen LogP contribution in [-0.2, 0) is 0 Å². The molecule has 0 aliphatic rings. The molecule has 0 saturated carbocycles. The van der Waals surface area contributed by atoms with E-state index in [-0.39, 0.29) is 0 Å². The summed E-state index contributed by atoms with van der Waals surface area (Å²) in [4.78, 5) is 15.3. The zero-order chi connectivity index (χ0) is 35.1. The molecular formula is C49H31N3O. The second kappa shape index (κ2) is 12.9. The van der Waals surface area contributed by atoms with E-state index in [0.717, 1.165) is 66.1 Å². The lowest BCUT2D eigenvalue weighted by molar-refractivity contribution is 0.673. The lowest BCUT2D eigenvalue weighted by Crippen LogP contribution is -2.00. The van der Waals surface area contributed by atoms with E-state index in [1.807, 2.05) is 42.5 Å².